The van der Waals surface area contributed by atoms with E-state index in [9.17, 15) is 13.2 Å². The van der Waals surface area contributed by atoms with Crippen molar-refractivity contribution in [1.29, 1.82) is 0 Å². The lowest BCUT2D eigenvalue weighted by molar-refractivity contribution is 0.0697. The second kappa shape index (κ2) is 7.29. The summed E-state index contributed by atoms with van der Waals surface area (Å²) in [5.74, 6) is -1.02. The molecule has 0 aromatic heterocycles. The molecule has 0 atom stereocenters. The Kier molecular flexibility index (Phi) is 5.51. The highest BCUT2D eigenvalue weighted by Gasteiger charge is 2.21. The molecule has 0 saturated heterocycles. The smallest absolute Gasteiger partial charge is 0.335 e. The normalized spacial score (nSPS) is 12.3. The summed E-state index contributed by atoms with van der Waals surface area (Å²) in [4.78, 5) is 13.2. The maximum atomic E-state index is 12.6. The summed E-state index contributed by atoms with van der Waals surface area (Å²) in [6.07, 6.45) is 1.33. The third-order valence-corrected chi connectivity index (χ3v) is 5.25. The SMILES string of the molecule is Cc1ccc(C(C)(C)C)cc1S(=O)(=O)N/N=C/c1ccc(C(=O)O)cc1. The Balaban J connectivity index is 2.22. The van der Waals surface area contributed by atoms with Gasteiger partial charge in [0.05, 0.1) is 16.7 Å². The molecule has 0 bridgehead atoms. The van der Waals surface area contributed by atoms with Crippen molar-refractivity contribution < 1.29 is 18.3 Å². The van der Waals surface area contributed by atoms with Crippen LogP contribution >= 0.6 is 0 Å². The van der Waals surface area contributed by atoms with Gasteiger partial charge in [-0.05, 0) is 47.2 Å². The van der Waals surface area contributed by atoms with E-state index in [-0.39, 0.29) is 15.9 Å². The van der Waals surface area contributed by atoms with Crippen LogP contribution in [0.2, 0.25) is 0 Å². The van der Waals surface area contributed by atoms with Crippen molar-refractivity contribution in [1.82, 2.24) is 4.83 Å². The van der Waals surface area contributed by atoms with Gasteiger partial charge in [0.25, 0.3) is 10.0 Å². The number of hydrazone groups is 1. The van der Waals surface area contributed by atoms with Crippen LogP contribution in [0.1, 0.15) is 47.8 Å². The van der Waals surface area contributed by atoms with Crippen LogP contribution < -0.4 is 4.83 Å². The fourth-order valence-corrected chi connectivity index (χ4v) is 3.35. The van der Waals surface area contributed by atoms with Crippen molar-refractivity contribution in [3.8, 4) is 0 Å². The number of hydrogen-bond donors (Lipinski definition) is 2. The highest BCUT2D eigenvalue weighted by molar-refractivity contribution is 7.89. The first kappa shape index (κ1) is 19.7. The van der Waals surface area contributed by atoms with Gasteiger partial charge in [-0.25, -0.2) is 9.63 Å². The number of aryl methyl sites for hydroxylation is 1. The average molecular weight is 374 g/mol. The maximum absolute atomic E-state index is 12.6. The molecule has 138 valence electrons. The zero-order valence-corrected chi connectivity index (χ0v) is 16.0. The molecule has 6 nitrogen and oxygen atoms in total. The Labute approximate surface area is 153 Å². The molecule has 0 saturated carbocycles. The number of hydrogen-bond acceptors (Lipinski definition) is 4. The first-order chi connectivity index (χ1) is 12.0. The number of carboxylic acid groups (broad SMARTS) is 1. The van der Waals surface area contributed by atoms with Gasteiger partial charge in [-0.2, -0.15) is 13.5 Å². The number of rotatable bonds is 5. The minimum absolute atomic E-state index is 0.150. The lowest BCUT2D eigenvalue weighted by atomic mass is 9.87. The molecule has 0 aliphatic carbocycles. The van der Waals surface area contributed by atoms with E-state index in [2.05, 4.69) is 9.93 Å². The third-order valence-electron chi connectivity index (χ3n) is 3.89. The van der Waals surface area contributed by atoms with Crippen LogP contribution in [0.15, 0.2) is 52.5 Å². The van der Waals surface area contributed by atoms with E-state index in [1.165, 1.54) is 18.3 Å². The number of carboxylic acids is 1. The van der Waals surface area contributed by atoms with E-state index in [0.717, 1.165) is 5.56 Å². The minimum atomic E-state index is -3.81. The summed E-state index contributed by atoms with van der Waals surface area (Å²) in [6, 6.07) is 11.3. The zero-order chi connectivity index (χ0) is 19.5. The van der Waals surface area contributed by atoms with Crippen LogP contribution in [0.4, 0.5) is 0 Å². The van der Waals surface area contributed by atoms with Gasteiger partial charge in [-0.15, -0.1) is 0 Å². The lowest BCUT2D eigenvalue weighted by Crippen LogP contribution is -2.21. The molecule has 0 aliphatic heterocycles. The molecule has 0 spiro atoms. The second-order valence-corrected chi connectivity index (χ2v) is 8.64. The van der Waals surface area contributed by atoms with Gasteiger partial charge >= 0.3 is 5.97 Å². The van der Waals surface area contributed by atoms with Crippen molar-refractivity contribution in [3.63, 3.8) is 0 Å². The van der Waals surface area contributed by atoms with Crippen LogP contribution in [-0.4, -0.2) is 25.7 Å². The van der Waals surface area contributed by atoms with Crippen LogP contribution in [0.3, 0.4) is 0 Å². The van der Waals surface area contributed by atoms with Crippen LogP contribution in [0.5, 0.6) is 0 Å². The predicted molar refractivity (Wildman–Crippen MR) is 101 cm³/mol. The Morgan fingerprint density at radius 1 is 1.12 bits per heavy atom. The van der Waals surface area contributed by atoms with E-state index in [1.807, 2.05) is 26.8 Å². The molecule has 2 rings (SSSR count). The van der Waals surface area contributed by atoms with Crippen molar-refractivity contribution >= 4 is 22.2 Å². The maximum Gasteiger partial charge on any atom is 0.335 e. The van der Waals surface area contributed by atoms with E-state index in [4.69, 9.17) is 5.11 Å². The molecule has 7 heteroatoms. The van der Waals surface area contributed by atoms with Gasteiger partial charge in [0.15, 0.2) is 0 Å². The minimum Gasteiger partial charge on any atom is -0.478 e. The Hall–Kier alpha value is -2.67. The number of aromatic carboxylic acids is 1. The summed E-state index contributed by atoms with van der Waals surface area (Å²) < 4.78 is 25.1. The van der Waals surface area contributed by atoms with Crippen molar-refractivity contribution in [2.75, 3.05) is 0 Å². The Morgan fingerprint density at radius 2 is 1.73 bits per heavy atom. The monoisotopic (exact) mass is 374 g/mol. The molecular weight excluding hydrogens is 352 g/mol. The van der Waals surface area contributed by atoms with E-state index >= 15 is 0 Å². The topological polar surface area (TPSA) is 95.8 Å². The van der Waals surface area contributed by atoms with Crippen LogP contribution in [-0.2, 0) is 15.4 Å². The number of sulfonamides is 1. The highest BCUT2D eigenvalue weighted by atomic mass is 32.2. The summed E-state index contributed by atoms with van der Waals surface area (Å²) in [5, 5.41) is 12.7. The van der Waals surface area contributed by atoms with Gasteiger partial charge in [-0.1, -0.05) is 45.0 Å². The molecule has 0 fully saturated rings. The van der Waals surface area contributed by atoms with Crippen LogP contribution in [0.25, 0.3) is 0 Å². The largest absolute Gasteiger partial charge is 0.478 e. The molecule has 0 unspecified atom stereocenters. The number of nitrogens with zero attached hydrogens (tertiary/aromatic N) is 1. The van der Waals surface area contributed by atoms with E-state index in [0.29, 0.717) is 11.1 Å². The molecule has 0 aliphatic rings. The van der Waals surface area contributed by atoms with Gasteiger partial charge in [0.2, 0.25) is 0 Å². The molecule has 0 amide bonds. The Bertz CT molecular complexity index is 940. The molecule has 0 heterocycles. The molecular formula is C19H22N2O4S. The summed E-state index contributed by atoms with van der Waals surface area (Å²) in [6.45, 7) is 7.77. The quantitative estimate of drug-likeness (QED) is 0.620. The molecule has 0 radical (unpaired) electrons. The van der Waals surface area contributed by atoms with Gasteiger partial charge in [-0.3, -0.25) is 0 Å². The first-order valence-electron chi connectivity index (χ1n) is 8.00. The standard InChI is InChI=1S/C19H22N2O4S/c1-13-5-10-16(19(2,3)4)11-17(13)26(24,25)21-20-12-14-6-8-15(9-7-14)18(22)23/h5-12,21H,1-4H3,(H,22,23)/b20-12+. The van der Waals surface area contributed by atoms with Crippen molar-refractivity contribution in [3.05, 3.63) is 64.7 Å². The lowest BCUT2D eigenvalue weighted by Gasteiger charge is -2.20. The number of benzene rings is 2. The third kappa shape index (κ3) is 4.70. The fraction of sp³-hybridized carbons (Fsp3) is 0.263. The zero-order valence-electron chi connectivity index (χ0n) is 15.1. The summed E-state index contributed by atoms with van der Waals surface area (Å²) >= 11 is 0. The van der Waals surface area contributed by atoms with E-state index < -0.39 is 16.0 Å². The molecule has 2 aromatic rings. The summed E-state index contributed by atoms with van der Waals surface area (Å²) in [5.41, 5.74) is 2.10. The fourth-order valence-electron chi connectivity index (χ4n) is 2.29. The number of carbonyl (C=O) groups is 1. The van der Waals surface area contributed by atoms with E-state index in [1.54, 1.807) is 31.2 Å². The number of nitrogens with one attached hydrogen (secondary N) is 1. The summed E-state index contributed by atoms with van der Waals surface area (Å²) in [7, 11) is -3.81. The van der Waals surface area contributed by atoms with Gasteiger partial charge < -0.3 is 5.11 Å². The molecule has 26 heavy (non-hydrogen) atoms. The first-order valence-corrected chi connectivity index (χ1v) is 9.48. The van der Waals surface area contributed by atoms with Gasteiger partial charge in [0, 0.05) is 0 Å². The average Bonchev–Trinajstić information content (AvgIpc) is 2.54. The second-order valence-electron chi connectivity index (χ2n) is 7.01. The van der Waals surface area contributed by atoms with Crippen molar-refractivity contribution in [2.24, 2.45) is 5.10 Å². The van der Waals surface area contributed by atoms with Gasteiger partial charge in [0.1, 0.15) is 0 Å². The molecule has 2 N–H and O–H groups in total. The van der Waals surface area contributed by atoms with Crippen LogP contribution in [0, 0.1) is 6.92 Å². The predicted octanol–water partition coefficient (Wildman–Crippen LogP) is 3.30. The molecule has 2 aromatic carbocycles. The Morgan fingerprint density at radius 3 is 2.27 bits per heavy atom. The highest BCUT2D eigenvalue weighted by Crippen LogP contribution is 2.26. The van der Waals surface area contributed by atoms with Crippen molar-refractivity contribution in [2.45, 2.75) is 38.0 Å².